The maximum atomic E-state index is 6.44. The first kappa shape index (κ1) is 11.8. The van der Waals surface area contributed by atoms with Crippen molar-refractivity contribution in [1.29, 1.82) is 0 Å². The predicted molar refractivity (Wildman–Crippen MR) is 77.5 cm³/mol. The minimum atomic E-state index is 0.0841. The summed E-state index contributed by atoms with van der Waals surface area (Å²) in [5.41, 5.74) is 1.18. The average molecular weight is 274 g/mol. The van der Waals surface area contributed by atoms with Gasteiger partial charge in [-0.3, -0.25) is 0 Å². The SMILES string of the molecule is c1ccc2sc(C3CNCC4(CCCC4)O3)nc2c1. The number of rotatable bonds is 1. The fraction of sp³-hybridized carbons (Fsp3) is 0.533. The molecular formula is C15H18N2OS. The van der Waals surface area contributed by atoms with E-state index in [1.54, 1.807) is 11.3 Å². The number of aromatic nitrogens is 1. The summed E-state index contributed by atoms with van der Waals surface area (Å²) in [4.78, 5) is 4.74. The summed E-state index contributed by atoms with van der Waals surface area (Å²) in [6, 6.07) is 8.34. The fourth-order valence-corrected chi connectivity index (χ4v) is 4.29. The first-order valence-electron chi connectivity index (χ1n) is 7.09. The van der Waals surface area contributed by atoms with Gasteiger partial charge in [-0.15, -0.1) is 11.3 Å². The number of benzene rings is 1. The minimum Gasteiger partial charge on any atom is -0.362 e. The Labute approximate surface area is 117 Å². The molecule has 4 rings (SSSR count). The van der Waals surface area contributed by atoms with Crippen LogP contribution < -0.4 is 5.32 Å². The molecule has 4 heteroatoms. The summed E-state index contributed by atoms with van der Waals surface area (Å²) in [6.07, 6.45) is 5.12. The molecule has 1 N–H and O–H groups in total. The lowest BCUT2D eigenvalue weighted by atomic mass is 10.00. The number of hydrogen-bond acceptors (Lipinski definition) is 4. The molecule has 1 aromatic heterocycles. The molecule has 1 saturated carbocycles. The molecule has 0 bridgehead atoms. The second-order valence-electron chi connectivity index (χ2n) is 5.65. The van der Waals surface area contributed by atoms with Crippen LogP contribution in [0.3, 0.4) is 0 Å². The Balaban J connectivity index is 1.64. The van der Waals surface area contributed by atoms with Crippen LogP contribution in [0.4, 0.5) is 0 Å². The van der Waals surface area contributed by atoms with E-state index in [0.29, 0.717) is 0 Å². The summed E-state index contributed by atoms with van der Waals surface area (Å²) >= 11 is 1.77. The quantitative estimate of drug-likeness (QED) is 0.866. The molecule has 2 fully saturated rings. The number of ether oxygens (including phenoxy) is 1. The lowest BCUT2D eigenvalue weighted by Gasteiger charge is -2.38. The van der Waals surface area contributed by atoms with E-state index >= 15 is 0 Å². The van der Waals surface area contributed by atoms with Crippen LogP contribution in [0.25, 0.3) is 10.2 Å². The molecule has 1 atom stereocenters. The molecule has 19 heavy (non-hydrogen) atoms. The van der Waals surface area contributed by atoms with Crippen molar-refractivity contribution in [2.24, 2.45) is 0 Å². The largest absolute Gasteiger partial charge is 0.362 e. The zero-order valence-corrected chi connectivity index (χ0v) is 11.7. The third-order valence-corrected chi connectivity index (χ3v) is 5.40. The van der Waals surface area contributed by atoms with Gasteiger partial charge in [0.05, 0.1) is 15.8 Å². The number of nitrogens with zero attached hydrogens (tertiary/aromatic N) is 1. The van der Waals surface area contributed by atoms with Gasteiger partial charge < -0.3 is 10.1 Å². The van der Waals surface area contributed by atoms with Crippen molar-refractivity contribution < 1.29 is 4.74 Å². The second-order valence-corrected chi connectivity index (χ2v) is 6.71. The molecule has 1 saturated heterocycles. The Morgan fingerprint density at radius 3 is 2.95 bits per heavy atom. The third kappa shape index (κ3) is 2.08. The van der Waals surface area contributed by atoms with Crippen molar-refractivity contribution in [3.8, 4) is 0 Å². The van der Waals surface area contributed by atoms with E-state index in [9.17, 15) is 0 Å². The van der Waals surface area contributed by atoms with Crippen molar-refractivity contribution in [2.45, 2.75) is 37.4 Å². The molecule has 1 spiro atoms. The lowest BCUT2D eigenvalue weighted by molar-refractivity contribution is -0.114. The Morgan fingerprint density at radius 1 is 1.26 bits per heavy atom. The molecule has 0 amide bonds. The Bertz CT molecular complexity index is 556. The maximum Gasteiger partial charge on any atom is 0.124 e. The summed E-state index contributed by atoms with van der Waals surface area (Å²) < 4.78 is 7.69. The Hall–Kier alpha value is -0.970. The van der Waals surface area contributed by atoms with Crippen LogP contribution in [0, 0.1) is 0 Å². The van der Waals surface area contributed by atoms with Crippen LogP contribution in [0.15, 0.2) is 24.3 Å². The average Bonchev–Trinajstić information content (AvgIpc) is 3.05. The molecule has 2 aliphatic rings. The Kier molecular flexibility index (Phi) is 2.83. The molecular weight excluding hydrogens is 256 g/mol. The topological polar surface area (TPSA) is 34.1 Å². The van der Waals surface area contributed by atoms with Crippen molar-refractivity contribution >= 4 is 21.6 Å². The van der Waals surface area contributed by atoms with Crippen LogP contribution in [0.5, 0.6) is 0 Å². The highest BCUT2D eigenvalue weighted by atomic mass is 32.1. The van der Waals surface area contributed by atoms with Crippen LogP contribution >= 0.6 is 11.3 Å². The number of hydrogen-bond donors (Lipinski definition) is 1. The van der Waals surface area contributed by atoms with Crippen molar-refractivity contribution in [3.63, 3.8) is 0 Å². The highest BCUT2D eigenvalue weighted by molar-refractivity contribution is 7.18. The number of nitrogens with one attached hydrogen (secondary N) is 1. The van der Waals surface area contributed by atoms with Gasteiger partial charge >= 0.3 is 0 Å². The lowest BCUT2D eigenvalue weighted by Crippen LogP contribution is -2.49. The Morgan fingerprint density at radius 2 is 2.11 bits per heavy atom. The fourth-order valence-electron chi connectivity index (χ4n) is 3.30. The number of thiazole rings is 1. The molecule has 2 heterocycles. The zero-order chi connectivity index (χ0) is 12.7. The zero-order valence-electron chi connectivity index (χ0n) is 10.9. The first-order valence-corrected chi connectivity index (χ1v) is 7.90. The minimum absolute atomic E-state index is 0.0841. The van der Waals surface area contributed by atoms with E-state index in [1.165, 1.54) is 30.4 Å². The summed E-state index contributed by atoms with van der Waals surface area (Å²) in [5, 5.41) is 4.68. The van der Waals surface area contributed by atoms with Gasteiger partial charge in [-0.2, -0.15) is 0 Å². The molecule has 1 aliphatic carbocycles. The van der Waals surface area contributed by atoms with Gasteiger partial charge in [0.2, 0.25) is 0 Å². The molecule has 1 unspecified atom stereocenters. The van der Waals surface area contributed by atoms with E-state index in [0.717, 1.165) is 23.6 Å². The van der Waals surface area contributed by atoms with Gasteiger partial charge in [0.15, 0.2) is 0 Å². The van der Waals surface area contributed by atoms with Gasteiger partial charge in [-0.1, -0.05) is 25.0 Å². The van der Waals surface area contributed by atoms with E-state index < -0.39 is 0 Å². The molecule has 100 valence electrons. The van der Waals surface area contributed by atoms with Gasteiger partial charge in [0, 0.05) is 13.1 Å². The van der Waals surface area contributed by atoms with Crippen molar-refractivity contribution in [2.75, 3.05) is 13.1 Å². The third-order valence-electron chi connectivity index (χ3n) is 4.27. The summed E-state index contributed by atoms with van der Waals surface area (Å²) in [5.74, 6) is 0. The van der Waals surface area contributed by atoms with Crippen LogP contribution in [0.1, 0.15) is 36.8 Å². The second kappa shape index (κ2) is 4.54. The highest BCUT2D eigenvalue weighted by Crippen LogP contribution is 2.40. The van der Waals surface area contributed by atoms with Crippen LogP contribution in [0.2, 0.25) is 0 Å². The van der Waals surface area contributed by atoms with E-state index in [2.05, 4.69) is 23.5 Å². The predicted octanol–water partition coefficient (Wildman–Crippen LogP) is 3.27. The first-order chi connectivity index (χ1) is 9.35. The van der Waals surface area contributed by atoms with Crippen LogP contribution in [-0.2, 0) is 4.74 Å². The van der Waals surface area contributed by atoms with E-state index in [4.69, 9.17) is 9.72 Å². The summed E-state index contributed by atoms with van der Waals surface area (Å²) in [6.45, 7) is 1.90. The van der Waals surface area contributed by atoms with Gasteiger partial charge in [-0.25, -0.2) is 4.98 Å². The number of fused-ring (bicyclic) bond motifs is 1. The normalized spacial score (nSPS) is 26.2. The molecule has 0 radical (unpaired) electrons. The van der Waals surface area contributed by atoms with Gasteiger partial charge in [-0.05, 0) is 25.0 Å². The van der Waals surface area contributed by atoms with Gasteiger partial charge in [0.1, 0.15) is 11.1 Å². The monoisotopic (exact) mass is 274 g/mol. The van der Waals surface area contributed by atoms with Gasteiger partial charge in [0.25, 0.3) is 0 Å². The van der Waals surface area contributed by atoms with Crippen molar-refractivity contribution in [1.82, 2.24) is 10.3 Å². The number of para-hydroxylation sites is 1. The van der Waals surface area contributed by atoms with Crippen molar-refractivity contribution in [3.05, 3.63) is 29.3 Å². The number of morpholine rings is 1. The van der Waals surface area contributed by atoms with E-state index in [1.807, 2.05) is 6.07 Å². The molecule has 1 aliphatic heterocycles. The standard InChI is InChI=1S/C15H18N2OS/c1-2-6-13-11(5-1)17-14(19-13)12-9-16-10-15(18-12)7-3-4-8-15/h1-2,5-6,12,16H,3-4,7-10H2. The highest BCUT2D eigenvalue weighted by Gasteiger charge is 2.40. The molecule has 1 aromatic carbocycles. The smallest absolute Gasteiger partial charge is 0.124 e. The van der Waals surface area contributed by atoms with E-state index in [-0.39, 0.29) is 11.7 Å². The molecule has 2 aromatic rings. The molecule has 3 nitrogen and oxygen atoms in total. The summed E-state index contributed by atoms with van der Waals surface area (Å²) in [7, 11) is 0. The maximum absolute atomic E-state index is 6.44. The van der Waals surface area contributed by atoms with Crippen LogP contribution in [-0.4, -0.2) is 23.7 Å².